The smallest absolute Gasteiger partial charge is 0.253 e. The first-order valence-electron chi connectivity index (χ1n) is 18.4. The van der Waals surface area contributed by atoms with Crippen LogP contribution in [0.25, 0.3) is 0 Å². The molecule has 2 aliphatic carbocycles. The average molecular weight is 709 g/mol. The van der Waals surface area contributed by atoms with E-state index in [9.17, 15) is 9.59 Å². The van der Waals surface area contributed by atoms with Crippen molar-refractivity contribution >= 4 is 23.4 Å². The number of nitrogens with one attached hydrogen (secondary N) is 2. The highest BCUT2D eigenvalue weighted by Crippen LogP contribution is 2.39. The number of halogens is 1. The summed E-state index contributed by atoms with van der Waals surface area (Å²) in [5.41, 5.74) is 3.78. The Morgan fingerprint density at radius 3 is 1.78 bits per heavy atom. The predicted octanol–water partition coefficient (Wildman–Crippen LogP) is 9.08. The highest BCUT2D eigenvalue weighted by molar-refractivity contribution is 6.30. The zero-order chi connectivity index (χ0) is 35.6. The van der Waals surface area contributed by atoms with Gasteiger partial charge in [-0.1, -0.05) is 49.1 Å². The van der Waals surface area contributed by atoms with Gasteiger partial charge in [-0.2, -0.15) is 0 Å². The summed E-state index contributed by atoms with van der Waals surface area (Å²) in [5.74, 6) is 2.61. The number of carbonyl (C=O) groups excluding carboxylic acids is 2. The van der Waals surface area contributed by atoms with Crippen molar-refractivity contribution in [3.63, 3.8) is 0 Å². The van der Waals surface area contributed by atoms with Crippen LogP contribution in [0, 0.1) is 11.8 Å². The number of pyridine rings is 2. The molecular formula is C42H49ClN4O4. The lowest BCUT2D eigenvalue weighted by Crippen LogP contribution is -2.39. The van der Waals surface area contributed by atoms with Crippen molar-refractivity contribution in [2.24, 2.45) is 11.8 Å². The lowest BCUT2D eigenvalue weighted by Gasteiger charge is -2.33. The molecule has 2 aromatic heterocycles. The van der Waals surface area contributed by atoms with E-state index in [1.54, 1.807) is 18.5 Å². The van der Waals surface area contributed by atoms with Gasteiger partial charge in [-0.3, -0.25) is 19.6 Å². The number of ether oxygens (including phenoxy) is 2. The van der Waals surface area contributed by atoms with Crippen molar-refractivity contribution < 1.29 is 19.1 Å². The van der Waals surface area contributed by atoms with Gasteiger partial charge in [-0.25, -0.2) is 0 Å². The van der Waals surface area contributed by atoms with E-state index in [0.717, 1.165) is 42.8 Å². The fourth-order valence-electron chi connectivity index (χ4n) is 7.43. The van der Waals surface area contributed by atoms with Crippen LogP contribution in [-0.2, 0) is 13.2 Å². The molecule has 0 radical (unpaired) electrons. The molecule has 9 heteroatoms. The molecule has 2 amide bonds. The van der Waals surface area contributed by atoms with Crippen LogP contribution in [0.4, 0.5) is 0 Å². The van der Waals surface area contributed by atoms with Crippen LogP contribution in [0.2, 0.25) is 5.02 Å². The van der Waals surface area contributed by atoms with Gasteiger partial charge in [0.2, 0.25) is 0 Å². The minimum atomic E-state index is -0.110. The number of hydrogen-bond acceptors (Lipinski definition) is 6. The molecule has 8 nitrogen and oxygen atoms in total. The number of nitrogens with zero attached hydrogens (tertiary/aromatic N) is 2. The van der Waals surface area contributed by atoms with Crippen molar-refractivity contribution in [3.8, 4) is 11.5 Å². The van der Waals surface area contributed by atoms with Crippen LogP contribution < -0.4 is 20.1 Å². The Kier molecular flexibility index (Phi) is 12.6. The topological polar surface area (TPSA) is 102 Å². The van der Waals surface area contributed by atoms with Gasteiger partial charge in [0.15, 0.2) is 0 Å². The Bertz CT molecular complexity index is 1720. The highest BCUT2D eigenvalue weighted by Gasteiger charge is 2.28. The molecule has 4 aromatic rings. The maximum Gasteiger partial charge on any atom is 0.253 e. The SMILES string of the molecule is CC(NC(=O)c1ccc(COc2ccccc2)nc1)C1CCC(c2cc(Cl)cc(OCc3ccc(C(=O)N[C@H](C)C4CCCCC4)cn3)c2)CC1. The van der Waals surface area contributed by atoms with Gasteiger partial charge >= 0.3 is 0 Å². The van der Waals surface area contributed by atoms with Crippen LogP contribution in [0.1, 0.15) is 115 Å². The number of para-hydroxylation sites is 1. The fraction of sp³-hybridized carbons (Fsp3) is 0.429. The van der Waals surface area contributed by atoms with Crippen molar-refractivity contribution in [1.29, 1.82) is 0 Å². The third-order valence-electron chi connectivity index (χ3n) is 10.6. The zero-order valence-electron chi connectivity index (χ0n) is 29.7. The molecule has 268 valence electrons. The molecule has 6 rings (SSSR count). The highest BCUT2D eigenvalue weighted by atomic mass is 35.5. The Hall–Kier alpha value is -4.43. The monoisotopic (exact) mass is 708 g/mol. The predicted molar refractivity (Wildman–Crippen MR) is 200 cm³/mol. The molecule has 0 bridgehead atoms. The lowest BCUT2D eigenvalue weighted by molar-refractivity contribution is 0.0909. The van der Waals surface area contributed by atoms with E-state index < -0.39 is 0 Å². The second-order valence-electron chi connectivity index (χ2n) is 14.2. The van der Waals surface area contributed by atoms with Crippen molar-refractivity contribution in [2.75, 3.05) is 0 Å². The maximum atomic E-state index is 13.0. The first-order chi connectivity index (χ1) is 24.8. The number of benzene rings is 2. The molecule has 2 fully saturated rings. The van der Waals surface area contributed by atoms with E-state index in [1.165, 1.54) is 37.7 Å². The maximum absolute atomic E-state index is 13.0. The summed E-state index contributed by atoms with van der Waals surface area (Å²) >= 11 is 6.55. The summed E-state index contributed by atoms with van der Waals surface area (Å²) in [4.78, 5) is 34.8. The van der Waals surface area contributed by atoms with Crippen LogP contribution in [-0.4, -0.2) is 33.9 Å². The van der Waals surface area contributed by atoms with Gasteiger partial charge < -0.3 is 20.1 Å². The zero-order valence-corrected chi connectivity index (χ0v) is 30.4. The Morgan fingerprint density at radius 1 is 0.686 bits per heavy atom. The van der Waals surface area contributed by atoms with Gasteiger partial charge in [-0.05, 0) is 130 Å². The molecular weight excluding hydrogens is 660 g/mol. The number of aromatic nitrogens is 2. The first kappa shape index (κ1) is 36.4. The van der Waals surface area contributed by atoms with Crippen LogP contribution in [0.3, 0.4) is 0 Å². The van der Waals surface area contributed by atoms with Crippen LogP contribution >= 0.6 is 11.6 Å². The molecule has 2 atom stereocenters. The summed E-state index contributed by atoms with van der Waals surface area (Å²) < 4.78 is 11.9. The van der Waals surface area contributed by atoms with E-state index in [1.807, 2.05) is 60.7 Å². The van der Waals surface area contributed by atoms with Crippen molar-refractivity contribution in [3.05, 3.63) is 118 Å². The molecule has 1 unspecified atom stereocenters. The van der Waals surface area contributed by atoms with E-state index in [4.69, 9.17) is 21.1 Å². The van der Waals surface area contributed by atoms with Gasteiger partial charge in [0.25, 0.3) is 11.8 Å². The third-order valence-corrected chi connectivity index (χ3v) is 10.8. The Balaban J connectivity index is 0.946. The minimum Gasteiger partial charge on any atom is -0.487 e. The van der Waals surface area contributed by atoms with Gasteiger partial charge in [0, 0.05) is 29.5 Å². The normalized spacial score (nSPS) is 19.0. The molecule has 0 aliphatic heterocycles. The third kappa shape index (κ3) is 10.3. The van der Waals surface area contributed by atoms with Gasteiger partial charge in [0.05, 0.1) is 22.5 Å². The largest absolute Gasteiger partial charge is 0.487 e. The Labute approximate surface area is 306 Å². The molecule has 2 aromatic carbocycles. The van der Waals surface area contributed by atoms with Crippen LogP contribution in [0.5, 0.6) is 11.5 Å². The fourth-order valence-corrected chi connectivity index (χ4v) is 7.66. The van der Waals surface area contributed by atoms with Crippen molar-refractivity contribution in [2.45, 2.75) is 103 Å². The summed E-state index contributed by atoms with van der Waals surface area (Å²) in [6.45, 7) is 4.83. The molecule has 2 saturated carbocycles. The van der Waals surface area contributed by atoms with E-state index in [0.29, 0.717) is 46.3 Å². The van der Waals surface area contributed by atoms with E-state index in [2.05, 4.69) is 40.5 Å². The second kappa shape index (κ2) is 17.7. The summed E-state index contributed by atoms with van der Waals surface area (Å²) in [7, 11) is 0. The molecule has 2 aliphatic rings. The summed E-state index contributed by atoms with van der Waals surface area (Å²) in [5, 5.41) is 7.01. The van der Waals surface area contributed by atoms with Crippen molar-refractivity contribution in [1.82, 2.24) is 20.6 Å². The average Bonchev–Trinajstić information content (AvgIpc) is 3.17. The first-order valence-corrected chi connectivity index (χ1v) is 18.8. The molecule has 2 N–H and O–H groups in total. The quantitative estimate of drug-likeness (QED) is 0.144. The molecule has 0 saturated heterocycles. The molecule has 0 spiro atoms. The minimum absolute atomic E-state index is 0.0445. The van der Waals surface area contributed by atoms with Gasteiger partial charge in [0.1, 0.15) is 24.7 Å². The number of carbonyl (C=O) groups is 2. The molecule has 2 heterocycles. The van der Waals surface area contributed by atoms with Gasteiger partial charge in [-0.15, -0.1) is 0 Å². The van der Waals surface area contributed by atoms with E-state index in [-0.39, 0.29) is 30.5 Å². The summed E-state index contributed by atoms with van der Waals surface area (Å²) in [6, 6.07) is 23.1. The lowest BCUT2D eigenvalue weighted by atomic mass is 9.76. The number of amides is 2. The second-order valence-corrected chi connectivity index (χ2v) is 14.7. The number of hydrogen-bond donors (Lipinski definition) is 2. The molecule has 51 heavy (non-hydrogen) atoms. The summed E-state index contributed by atoms with van der Waals surface area (Å²) in [6.07, 6.45) is 13.4. The van der Waals surface area contributed by atoms with E-state index >= 15 is 0 Å². The standard InChI is InChI=1S/C42H49ClN4O4/c1-28(30-9-5-3-6-10-30)46-41(48)33-18-20-38(45-25-33)27-51-40-22-35(21-36(43)23-40)32-15-13-31(14-16-32)29(2)47-42(49)34-17-19-37(44-24-34)26-50-39-11-7-4-8-12-39/h4,7-8,11-12,17-25,28-32H,3,5-6,9-10,13-16,26-27H2,1-2H3,(H,46,48)(H,47,49)/t28-,29?,31?,32?/m1/s1. The van der Waals surface area contributed by atoms with Crippen LogP contribution in [0.15, 0.2) is 85.2 Å². The number of rotatable bonds is 13. The Morgan fingerprint density at radius 2 is 1.24 bits per heavy atom.